The first-order valence-electron chi connectivity index (χ1n) is 1.48. The lowest BCUT2D eigenvalue weighted by atomic mass is 10.9. The topological polar surface area (TPSA) is 26.3 Å². The summed E-state index contributed by atoms with van der Waals surface area (Å²) in [5.74, 6) is 0. The van der Waals surface area contributed by atoms with Crippen molar-refractivity contribution in [3.05, 3.63) is 0 Å². The van der Waals surface area contributed by atoms with Crippen molar-refractivity contribution in [3.8, 4) is 0 Å². The van der Waals surface area contributed by atoms with Crippen molar-refractivity contribution in [2.75, 3.05) is 7.11 Å². The van der Waals surface area contributed by atoms with Crippen LogP contribution in [0.5, 0.6) is 0 Å². The van der Waals surface area contributed by atoms with Crippen molar-refractivity contribution in [2.45, 2.75) is 6.92 Å². The van der Waals surface area contributed by atoms with Gasteiger partial charge in [-0.2, -0.15) is 0 Å². The van der Waals surface area contributed by atoms with Gasteiger partial charge in [0, 0.05) is 7.11 Å². The molecule has 0 atom stereocenters. The summed E-state index contributed by atoms with van der Waals surface area (Å²) in [6.45, 7) is 1.62. The van der Waals surface area contributed by atoms with Gasteiger partial charge in [0.05, 0.1) is 0 Å². The molecule has 36 valence electrons. The molecule has 0 aliphatic carbocycles. The van der Waals surface area contributed by atoms with E-state index in [1.165, 1.54) is 7.11 Å². The minimum atomic E-state index is 0.369. The summed E-state index contributed by atoms with van der Waals surface area (Å²) in [6.07, 6.45) is 0. The first-order valence-corrected chi connectivity index (χ1v) is 2.22. The standard InChI is InChI=1S/C3H6O2S/c1-3(5-2)6-4/h1-2H3. The molecule has 3 heteroatoms. The van der Waals surface area contributed by atoms with Gasteiger partial charge in [0.2, 0.25) is 0 Å². The van der Waals surface area contributed by atoms with Crippen LogP contribution in [-0.4, -0.2) is 16.4 Å². The van der Waals surface area contributed by atoms with E-state index in [1.54, 1.807) is 6.92 Å². The molecule has 0 aromatic heterocycles. The molecule has 6 heavy (non-hydrogen) atoms. The van der Waals surface area contributed by atoms with Crippen molar-refractivity contribution < 1.29 is 8.95 Å². The predicted molar refractivity (Wildman–Crippen MR) is 25.8 cm³/mol. The van der Waals surface area contributed by atoms with Gasteiger partial charge in [-0.3, -0.25) is 0 Å². The summed E-state index contributed by atoms with van der Waals surface area (Å²) in [5.41, 5.74) is 0. The Morgan fingerprint density at radius 1 is 1.83 bits per heavy atom. The number of rotatable bonds is 0. The highest BCUT2D eigenvalue weighted by atomic mass is 32.1. The third kappa shape index (κ3) is 2.11. The number of hydrogen-bond donors (Lipinski definition) is 0. The minimum absolute atomic E-state index is 0.369. The SMILES string of the molecule is COC(C)=S=O. The largest absolute Gasteiger partial charge is 0.340 e. The van der Waals surface area contributed by atoms with Crippen LogP contribution in [0.25, 0.3) is 0 Å². The zero-order valence-electron chi connectivity index (χ0n) is 3.72. The summed E-state index contributed by atoms with van der Waals surface area (Å²) in [6, 6.07) is 0. The number of methoxy groups -OCH3 is 1. The second-order valence-corrected chi connectivity index (χ2v) is 1.52. The lowest BCUT2D eigenvalue weighted by Crippen LogP contribution is -1.89. The Labute approximate surface area is 40.2 Å². The summed E-state index contributed by atoms with van der Waals surface area (Å²) in [7, 11) is 1.47. The molecule has 0 saturated carbocycles. The van der Waals surface area contributed by atoms with Crippen LogP contribution in [0.4, 0.5) is 0 Å². The summed E-state index contributed by atoms with van der Waals surface area (Å²) in [4.78, 5) is 0. The maximum absolute atomic E-state index is 9.62. The maximum atomic E-state index is 9.62. The molecule has 0 saturated heterocycles. The quantitative estimate of drug-likeness (QED) is 0.406. The molecule has 0 rings (SSSR count). The Morgan fingerprint density at radius 2 is 2.33 bits per heavy atom. The summed E-state index contributed by atoms with van der Waals surface area (Å²) >= 11 is 0.369. The molecule has 0 heterocycles. The highest BCUT2D eigenvalue weighted by Gasteiger charge is 1.75. The zero-order chi connectivity index (χ0) is 4.99. The van der Waals surface area contributed by atoms with Gasteiger partial charge >= 0.3 is 0 Å². The van der Waals surface area contributed by atoms with Crippen LogP contribution in [-0.2, 0) is 16.0 Å². The van der Waals surface area contributed by atoms with Crippen LogP contribution in [0.3, 0.4) is 0 Å². The molecule has 0 bridgehead atoms. The molecule has 0 unspecified atom stereocenters. The first kappa shape index (κ1) is 5.85. The van der Waals surface area contributed by atoms with Crippen LogP contribution in [0.2, 0.25) is 0 Å². The van der Waals surface area contributed by atoms with Crippen LogP contribution in [0, 0.1) is 0 Å². The Kier molecular flexibility index (Phi) is 2.98. The van der Waals surface area contributed by atoms with Crippen molar-refractivity contribution >= 4 is 16.3 Å². The third-order valence-electron chi connectivity index (χ3n) is 0.405. The second-order valence-electron chi connectivity index (χ2n) is 0.779. The van der Waals surface area contributed by atoms with E-state index < -0.39 is 0 Å². The van der Waals surface area contributed by atoms with E-state index in [-0.39, 0.29) is 0 Å². The Morgan fingerprint density at radius 3 is 2.33 bits per heavy atom. The van der Waals surface area contributed by atoms with Crippen LogP contribution in [0.15, 0.2) is 0 Å². The molecule has 0 aromatic rings. The van der Waals surface area contributed by atoms with Crippen LogP contribution >= 0.6 is 0 Å². The monoisotopic (exact) mass is 106 g/mol. The van der Waals surface area contributed by atoms with Gasteiger partial charge in [-0.25, -0.2) is 4.21 Å². The van der Waals surface area contributed by atoms with E-state index in [2.05, 4.69) is 4.74 Å². The van der Waals surface area contributed by atoms with Crippen molar-refractivity contribution in [2.24, 2.45) is 0 Å². The average Bonchev–Trinajstić information content (AvgIpc) is 1.65. The third-order valence-corrected chi connectivity index (χ3v) is 0.806. The van der Waals surface area contributed by atoms with E-state index in [4.69, 9.17) is 0 Å². The Bertz CT molecular complexity index is 82.8. The van der Waals surface area contributed by atoms with E-state index in [0.29, 0.717) is 16.3 Å². The summed E-state index contributed by atoms with van der Waals surface area (Å²) < 4.78 is 14.1. The fourth-order valence-electron chi connectivity index (χ4n) is 0.0340. The highest BCUT2D eigenvalue weighted by Crippen LogP contribution is 1.63. The van der Waals surface area contributed by atoms with Crippen molar-refractivity contribution in [3.63, 3.8) is 0 Å². The van der Waals surface area contributed by atoms with Crippen LogP contribution < -0.4 is 0 Å². The minimum Gasteiger partial charge on any atom is -0.340 e. The molecule has 0 fully saturated rings. The van der Waals surface area contributed by atoms with Gasteiger partial charge in [0.15, 0.2) is 0 Å². The molecular weight excluding hydrogens is 100 g/mol. The van der Waals surface area contributed by atoms with E-state index in [9.17, 15) is 4.21 Å². The zero-order valence-corrected chi connectivity index (χ0v) is 4.54. The first-order chi connectivity index (χ1) is 2.81. The smallest absolute Gasteiger partial charge is 0.141 e. The van der Waals surface area contributed by atoms with Gasteiger partial charge < -0.3 is 4.74 Å². The number of ether oxygens (including phenoxy) is 1. The van der Waals surface area contributed by atoms with Gasteiger partial charge in [-0.15, -0.1) is 0 Å². The molecule has 0 spiro atoms. The highest BCUT2D eigenvalue weighted by molar-refractivity contribution is 7.66. The molecule has 0 N–H and O–H groups in total. The summed E-state index contributed by atoms with van der Waals surface area (Å²) in [5, 5.41) is 0.454. The molecular formula is C3H6O2S. The van der Waals surface area contributed by atoms with E-state index in [1.807, 2.05) is 0 Å². The normalized spacial score (nSPS) is 7.67. The van der Waals surface area contributed by atoms with Gasteiger partial charge in [0.1, 0.15) is 16.3 Å². The van der Waals surface area contributed by atoms with Crippen molar-refractivity contribution in [1.82, 2.24) is 0 Å². The van der Waals surface area contributed by atoms with Gasteiger partial charge in [-0.1, -0.05) is 0 Å². The van der Waals surface area contributed by atoms with E-state index in [0.717, 1.165) is 0 Å². The Balaban J connectivity index is 3.52. The molecule has 0 aromatic carbocycles. The molecule has 0 aliphatic heterocycles. The average molecular weight is 106 g/mol. The maximum Gasteiger partial charge on any atom is 0.141 e. The van der Waals surface area contributed by atoms with E-state index >= 15 is 0 Å². The number of hydrogen-bond acceptors (Lipinski definition) is 2. The lowest BCUT2D eigenvalue weighted by molar-refractivity contribution is 0.410. The van der Waals surface area contributed by atoms with Gasteiger partial charge in [-0.05, 0) is 6.92 Å². The molecule has 2 nitrogen and oxygen atoms in total. The second kappa shape index (κ2) is 3.06. The van der Waals surface area contributed by atoms with Crippen LogP contribution in [0.1, 0.15) is 6.92 Å². The predicted octanol–water partition coefficient (Wildman–Crippen LogP) is -0.00440. The fourth-order valence-corrected chi connectivity index (χ4v) is 0.102. The molecule has 0 aliphatic rings. The Hall–Kier alpha value is -0.150. The molecule has 0 amide bonds. The lowest BCUT2D eigenvalue weighted by Gasteiger charge is -1.81. The molecule has 0 radical (unpaired) electrons. The fraction of sp³-hybridized carbons (Fsp3) is 0.667. The van der Waals surface area contributed by atoms with Crippen molar-refractivity contribution in [1.29, 1.82) is 0 Å². The van der Waals surface area contributed by atoms with Gasteiger partial charge in [0.25, 0.3) is 0 Å².